The normalized spacial score (nSPS) is 12.1. The summed E-state index contributed by atoms with van der Waals surface area (Å²) in [6.07, 6.45) is 3.53. The minimum absolute atomic E-state index is 0. The van der Waals surface area contributed by atoms with Crippen LogP contribution in [0.1, 0.15) is 130 Å². The van der Waals surface area contributed by atoms with Gasteiger partial charge in [0.2, 0.25) is 0 Å². The number of phenolic OH excluding ortho intramolecular Hbond substituents is 2. The molecule has 287 valence electrons. The Bertz CT molecular complexity index is 1820. The first-order valence-corrected chi connectivity index (χ1v) is 17.4. The van der Waals surface area contributed by atoms with Gasteiger partial charge in [-0.3, -0.25) is 9.98 Å². The van der Waals surface area contributed by atoms with Crippen LogP contribution in [-0.2, 0) is 48.0 Å². The van der Waals surface area contributed by atoms with Crippen LogP contribution in [0.3, 0.4) is 0 Å². The van der Waals surface area contributed by atoms with Gasteiger partial charge in [-0.2, -0.15) is 0 Å². The van der Waals surface area contributed by atoms with Crippen LogP contribution in [0.5, 0.6) is 11.5 Å². The molecule has 0 aliphatic carbocycles. The summed E-state index contributed by atoms with van der Waals surface area (Å²) in [5.41, 5.74) is 6.40. The molecule has 0 atom stereocenters. The van der Waals surface area contributed by atoms with Crippen LogP contribution in [0.15, 0.2) is 70.6 Å². The summed E-state index contributed by atoms with van der Waals surface area (Å²) in [7, 11) is 0. The van der Waals surface area contributed by atoms with Gasteiger partial charge in [0.1, 0.15) is 11.5 Å². The zero-order valence-electron chi connectivity index (χ0n) is 33.7. The van der Waals surface area contributed by atoms with Crippen molar-refractivity contribution in [2.24, 2.45) is 9.98 Å². The fourth-order valence-corrected chi connectivity index (χ4v) is 5.32. The van der Waals surface area contributed by atoms with Crippen molar-refractivity contribution in [3.63, 3.8) is 0 Å². The Kier molecular flexibility index (Phi) is 15.8. The van der Waals surface area contributed by atoms with E-state index in [1.165, 1.54) is 0 Å². The SMILES string of the molecule is CC(=O)[O-].CC(=O)[O-].CC(C)(C)c1cc(C=Nc2cccc3cccc(N=Cc4cc(C(C)(C)C)cc(C(C)(C)C)c4O)c23)c(O)c(C(C)(C)C)c1.[Co+2]. The maximum Gasteiger partial charge on any atom is 2.00 e. The molecule has 8 nitrogen and oxygen atoms in total. The van der Waals surface area contributed by atoms with Crippen LogP contribution in [0.2, 0.25) is 0 Å². The van der Waals surface area contributed by atoms with E-state index in [2.05, 4.69) is 107 Å². The van der Waals surface area contributed by atoms with Gasteiger partial charge in [-0.05, 0) is 76.3 Å². The van der Waals surface area contributed by atoms with Crippen molar-refractivity contribution in [1.82, 2.24) is 0 Å². The number of carbonyl (C=O) groups excluding carboxylic acids is 2. The van der Waals surface area contributed by atoms with Gasteiger partial charge in [-0.1, -0.05) is 119 Å². The summed E-state index contributed by atoms with van der Waals surface area (Å²) >= 11 is 0. The molecule has 0 heterocycles. The Morgan fingerprint density at radius 1 is 0.566 bits per heavy atom. The molecule has 1 radical (unpaired) electrons. The van der Waals surface area contributed by atoms with E-state index < -0.39 is 11.9 Å². The van der Waals surface area contributed by atoms with Crippen LogP contribution in [-0.4, -0.2) is 34.6 Å². The number of hydrogen-bond acceptors (Lipinski definition) is 8. The van der Waals surface area contributed by atoms with Crippen LogP contribution >= 0.6 is 0 Å². The quantitative estimate of drug-likeness (QED) is 0.199. The Morgan fingerprint density at radius 2 is 0.868 bits per heavy atom. The predicted molar refractivity (Wildman–Crippen MR) is 211 cm³/mol. The van der Waals surface area contributed by atoms with Crippen molar-refractivity contribution in [2.45, 2.75) is 119 Å². The van der Waals surface area contributed by atoms with Gasteiger partial charge < -0.3 is 30.0 Å². The van der Waals surface area contributed by atoms with Gasteiger partial charge in [0.05, 0.1) is 11.4 Å². The van der Waals surface area contributed by atoms with E-state index in [0.29, 0.717) is 11.1 Å². The van der Waals surface area contributed by atoms with Crippen molar-refractivity contribution in [3.8, 4) is 11.5 Å². The Balaban J connectivity index is 0.00000142. The fraction of sp³-hybridized carbons (Fsp3) is 0.409. The molecule has 0 aliphatic heterocycles. The molecule has 0 saturated carbocycles. The molecule has 4 aromatic rings. The van der Waals surface area contributed by atoms with Gasteiger partial charge in [0.15, 0.2) is 0 Å². The average molecular weight is 768 g/mol. The van der Waals surface area contributed by atoms with Crippen molar-refractivity contribution < 1.29 is 46.8 Å². The molecule has 9 heteroatoms. The smallest absolute Gasteiger partial charge is 0.550 e. The zero-order chi connectivity index (χ0) is 40.0. The van der Waals surface area contributed by atoms with Gasteiger partial charge in [0, 0.05) is 52.0 Å². The van der Waals surface area contributed by atoms with E-state index in [1.807, 2.05) is 36.4 Å². The summed E-state index contributed by atoms with van der Waals surface area (Å²) in [5.74, 6) is -1.65. The van der Waals surface area contributed by atoms with Gasteiger partial charge in [-0.15, -0.1) is 0 Å². The summed E-state index contributed by atoms with van der Waals surface area (Å²) in [5, 5.41) is 42.3. The van der Waals surface area contributed by atoms with E-state index in [0.717, 1.165) is 58.2 Å². The summed E-state index contributed by atoms with van der Waals surface area (Å²) < 4.78 is 0. The number of carboxylic acids is 2. The van der Waals surface area contributed by atoms with E-state index in [9.17, 15) is 10.2 Å². The molecule has 2 N–H and O–H groups in total. The van der Waals surface area contributed by atoms with Crippen molar-refractivity contribution in [3.05, 3.63) is 94.0 Å². The van der Waals surface area contributed by atoms with Crippen LogP contribution in [0.25, 0.3) is 10.8 Å². The zero-order valence-corrected chi connectivity index (χ0v) is 34.7. The second-order valence-corrected chi connectivity index (χ2v) is 17.1. The Morgan fingerprint density at radius 3 is 1.13 bits per heavy atom. The predicted octanol–water partition coefficient (Wildman–Crippen LogP) is 8.45. The first-order valence-electron chi connectivity index (χ1n) is 17.4. The van der Waals surface area contributed by atoms with Crippen molar-refractivity contribution >= 4 is 46.5 Å². The number of hydrogen-bond donors (Lipinski definition) is 2. The first kappa shape index (κ1) is 46.5. The molecule has 0 saturated heterocycles. The van der Waals surface area contributed by atoms with Gasteiger partial charge >= 0.3 is 16.8 Å². The summed E-state index contributed by atoms with van der Waals surface area (Å²) in [4.78, 5) is 27.6. The number of rotatable bonds is 4. The van der Waals surface area contributed by atoms with Crippen molar-refractivity contribution in [1.29, 1.82) is 0 Å². The van der Waals surface area contributed by atoms with E-state index in [-0.39, 0.29) is 49.9 Å². The number of nitrogens with zero attached hydrogens (tertiary/aromatic N) is 2. The van der Waals surface area contributed by atoms with Crippen LogP contribution < -0.4 is 10.2 Å². The number of benzene rings is 4. The minimum atomic E-state index is -1.08. The number of carboxylic acid groups (broad SMARTS) is 2. The molecule has 0 fully saturated rings. The maximum atomic E-state index is 11.3. The van der Waals surface area contributed by atoms with E-state index in [1.54, 1.807) is 12.4 Å². The third-order valence-corrected chi connectivity index (χ3v) is 8.17. The first-order chi connectivity index (χ1) is 23.6. The van der Waals surface area contributed by atoms with Gasteiger partial charge in [-0.25, -0.2) is 0 Å². The average Bonchev–Trinajstić information content (AvgIpc) is 2.97. The number of aliphatic imine (C=N–C) groups is 2. The largest absolute Gasteiger partial charge is 2.00 e. The molecular formula is C44H56CoN2O6. The van der Waals surface area contributed by atoms with E-state index in [4.69, 9.17) is 29.8 Å². The van der Waals surface area contributed by atoms with Crippen LogP contribution in [0.4, 0.5) is 11.4 Å². The molecule has 0 aliphatic rings. The third-order valence-electron chi connectivity index (χ3n) is 8.17. The third kappa shape index (κ3) is 13.5. The Hall–Kier alpha value is -4.47. The summed E-state index contributed by atoms with van der Waals surface area (Å²) in [6, 6.07) is 20.3. The molecule has 0 bridgehead atoms. The molecule has 4 rings (SSSR count). The monoisotopic (exact) mass is 767 g/mol. The number of phenols is 2. The number of carbonyl (C=O) groups is 2. The van der Waals surface area contributed by atoms with Crippen LogP contribution in [0, 0.1) is 0 Å². The molecule has 0 spiro atoms. The number of aliphatic carboxylic acids is 2. The molecule has 0 aromatic heterocycles. The second-order valence-electron chi connectivity index (χ2n) is 17.1. The van der Waals surface area contributed by atoms with E-state index >= 15 is 0 Å². The topological polar surface area (TPSA) is 145 Å². The molecule has 4 aromatic carbocycles. The van der Waals surface area contributed by atoms with Crippen molar-refractivity contribution in [2.75, 3.05) is 0 Å². The minimum Gasteiger partial charge on any atom is -0.550 e. The maximum absolute atomic E-state index is 11.3. The molecule has 53 heavy (non-hydrogen) atoms. The standard InChI is InChI=1S/C40H50N2O2.2C2H4O2.Co/c1-37(2,3)28-19-26(35(43)30(21-28)39(7,8)9)23-41-32-17-13-15-25-16-14-18-33(34(25)32)42-24-27-20-29(38(4,5)6)22-31(36(27)44)40(10,11)12;2*1-2(3)4;/h13-24,43-44H,1-12H3;2*1H3,(H,3,4);/q;;;+2/p-2. The molecular weight excluding hydrogens is 711 g/mol. The molecule has 0 unspecified atom stereocenters. The second kappa shape index (κ2) is 18.0. The number of aromatic hydroxyl groups is 2. The number of fused-ring (bicyclic) bond motifs is 1. The fourth-order valence-electron chi connectivity index (χ4n) is 5.32. The Labute approximate surface area is 326 Å². The van der Waals surface area contributed by atoms with Gasteiger partial charge in [0.25, 0.3) is 0 Å². The molecule has 0 amide bonds. The summed E-state index contributed by atoms with van der Waals surface area (Å²) in [6.45, 7) is 27.7.